The Morgan fingerprint density at radius 1 is 1.15 bits per heavy atom. The molecule has 3 nitrogen and oxygen atoms in total. The summed E-state index contributed by atoms with van der Waals surface area (Å²) < 4.78 is 5.73. The number of hydrogen-bond donors (Lipinski definition) is 0. The van der Waals surface area contributed by atoms with Crippen molar-refractivity contribution >= 4 is 5.78 Å². The standard InChI is InChI=1S/C17H17NO2/c19-17-6-3-4-13-7-8-15(12-16(13)17)20-11-9-14-5-1-2-10-18-14/h1-2,5,7-8,10,12H,3-4,6,9,11H2. The first-order valence-electron chi connectivity index (χ1n) is 7.02. The number of ketones is 1. The molecule has 0 saturated carbocycles. The average molecular weight is 267 g/mol. The Kier molecular flexibility index (Phi) is 3.77. The highest BCUT2D eigenvalue weighted by atomic mass is 16.5. The molecule has 0 amide bonds. The van der Waals surface area contributed by atoms with Gasteiger partial charge in [-0.1, -0.05) is 12.1 Å². The Bertz CT molecular complexity index is 608. The predicted molar refractivity (Wildman–Crippen MR) is 77.1 cm³/mol. The summed E-state index contributed by atoms with van der Waals surface area (Å²) in [5, 5.41) is 0. The number of carbonyl (C=O) groups is 1. The summed E-state index contributed by atoms with van der Waals surface area (Å²) in [7, 11) is 0. The third-order valence-corrected chi connectivity index (χ3v) is 3.58. The largest absolute Gasteiger partial charge is 0.493 e. The highest BCUT2D eigenvalue weighted by Gasteiger charge is 2.17. The first kappa shape index (κ1) is 12.9. The number of carbonyl (C=O) groups excluding carboxylic acids is 1. The van der Waals surface area contributed by atoms with E-state index in [4.69, 9.17) is 4.74 Å². The van der Waals surface area contributed by atoms with Gasteiger partial charge in [0.15, 0.2) is 5.78 Å². The summed E-state index contributed by atoms with van der Waals surface area (Å²) in [6, 6.07) is 11.7. The lowest BCUT2D eigenvalue weighted by Crippen LogP contribution is -2.11. The van der Waals surface area contributed by atoms with Crippen molar-refractivity contribution in [2.45, 2.75) is 25.7 Å². The van der Waals surface area contributed by atoms with Crippen molar-refractivity contribution in [1.29, 1.82) is 0 Å². The van der Waals surface area contributed by atoms with Crippen LogP contribution in [0.4, 0.5) is 0 Å². The van der Waals surface area contributed by atoms with E-state index in [1.807, 2.05) is 36.4 Å². The Morgan fingerprint density at radius 2 is 2.10 bits per heavy atom. The van der Waals surface area contributed by atoms with Crippen LogP contribution in [0.25, 0.3) is 0 Å². The maximum Gasteiger partial charge on any atom is 0.163 e. The third kappa shape index (κ3) is 2.87. The van der Waals surface area contributed by atoms with Gasteiger partial charge < -0.3 is 4.74 Å². The number of rotatable bonds is 4. The number of Topliss-reactive ketones (excluding diaryl/α,β-unsaturated/α-hetero) is 1. The number of aromatic nitrogens is 1. The maximum absolute atomic E-state index is 11.9. The van der Waals surface area contributed by atoms with E-state index >= 15 is 0 Å². The van der Waals surface area contributed by atoms with Gasteiger partial charge in [-0.2, -0.15) is 0 Å². The van der Waals surface area contributed by atoms with Crippen LogP contribution in [0, 0.1) is 0 Å². The second-order valence-electron chi connectivity index (χ2n) is 5.02. The Balaban J connectivity index is 1.63. The van der Waals surface area contributed by atoms with Crippen LogP contribution >= 0.6 is 0 Å². The smallest absolute Gasteiger partial charge is 0.163 e. The molecular weight excluding hydrogens is 250 g/mol. The van der Waals surface area contributed by atoms with E-state index < -0.39 is 0 Å². The molecule has 0 aliphatic heterocycles. The molecule has 1 heterocycles. The molecule has 0 N–H and O–H groups in total. The second kappa shape index (κ2) is 5.87. The monoisotopic (exact) mass is 267 g/mol. The van der Waals surface area contributed by atoms with Gasteiger partial charge in [0.2, 0.25) is 0 Å². The molecule has 0 atom stereocenters. The van der Waals surface area contributed by atoms with E-state index in [1.54, 1.807) is 6.20 Å². The molecule has 2 aromatic rings. The molecule has 0 unspecified atom stereocenters. The van der Waals surface area contributed by atoms with Gasteiger partial charge in [-0.25, -0.2) is 0 Å². The van der Waals surface area contributed by atoms with Crippen LogP contribution in [0.15, 0.2) is 42.6 Å². The fourth-order valence-corrected chi connectivity index (χ4v) is 2.52. The van der Waals surface area contributed by atoms with E-state index in [2.05, 4.69) is 4.98 Å². The lowest BCUT2D eigenvalue weighted by Gasteiger charge is -2.15. The molecule has 0 saturated heterocycles. The first-order chi connectivity index (χ1) is 9.83. The van der Waals surface area contributed by atoms with Crippen LogP contribution in [0.5, 0.6) is 5.75 Å². The van der Waals surface area contributed by atoms with Gasteiger partial charge in [0, 0.05) is 30.3 Å². The van der Waals surface area contributed by atoms with Gasteiger partial charge in [0.25, 0.3) is 0 Å². The lowest BCUT2D eigenvalue weighted by atomic mass is 9.90. The summed E-state index contributed by atoms with van der Waals surface area (Å²) in [4.78, 5) is 16.1. The summed E-state index contributed by atoms with van der Waals surface area (Å²) in [6.45, 7) is 0.573. The fourth-order valence-electron chi connectivity index (χ4n) is 2.52. The molecule has 0 bridgehead atoms. The maximum atomic E-state index is 11.9. The van der Waals surface area contributed by atoms with E-state index in [9.17, 15) is 4.79 Å². The van der Waals surface area contributed by atoms with Crippen LogP contribution in [0.1, 0.15) is 34.5 Å². The van der Waals surface area contributed by atoms with Gasteiger partial charge in [0.1, 0.15) is 5.75 Å². The molecule has 3 rings (SSSR count). The van der Waals surface area contributed by atoms with Gasteiger partial charge in [-0.05, 0) is 42.7 Å². The molecular formula is C17H17NO2. The number of aryl methyl sites for hydroxylation is 1. The van der Waals surface area contributed by atoms with Crippen molar-refractivity contribution in [3.63, 3.8) is 0 Å². The summed E-state index contributed by atoms with van der Waals surface area (Å²) in [5.74, 6) is 1.01. The molecule has 0 fully saturated rings. The number of ether oxygens (including phenoxy) is 1. The summed E-state index contributed by atoms with van der Waals surface area (Å²) in [6.07, 6.45) is 5.17. The molecule has 1 aromatic carbocycles. The lowest BCUT2D eigenvalue weighted by molar-refractivity contribution is 0.0972. The van der Waals surface area contributed by atoms with Crippen molar-refractivity contribution in [1.82, 2.24) is 4.98 Å². The van der Waals surface area contributed by atoms with Crippen molar-refractivity contribution in [2.75, 3.05) is 6.61 Å². The highest BCUT2D eigenvalue weighted by molar-refractivity contribution is 5.98. The molecule has 1 aliphatic carbocycles. The summed E-state index contributed by atoms with van der Waals surface area (Å²) >= 11 is 0. The predicted octanol–water partition coefficient (Wildman–Crippen LogP) is 3.22. The molecule has 0 radical (unpaired) electrons. The first-order valence-corrected chi connectivity index (χ1v) is 7.02. The van der Waals surface area contributed by atoms with Crippen LogP contribution in [-0.4, -0.2) is 17.4 Å². The quantitative estimate of drug-likeness (QED) is 0.853. The van der Waals surface area contributed by atoms with Crippen LogP contribution < -0.4 is 4.74 Å². The van der Waals surface area contributed by atoms with Crippen molar-refractivity contribution in [2.24, 2.45) is 0 Å². The zero-order valence-electron chi connectivity index (χ0n) is 11.3. The number of pyridine rings is 1. The van der Waals surface area contributed by atoms with Gasteiger partial charge in [0.05, 0.1) is 6.61 Å². The highest BCUT2D eigenvalue weighted by Crippen LogP contribution is 2.25. The zero-order chi connectivity index (χ0) is 13.8. The van der Waals surface area contributed by atoms with Gasteiger partial charge in [-0.15, -0.1) is 0 Å². The van der Waals surface area contributed by atoms with E-state index in [0.29, 0.717) is 13.0 Å². The topological polar surface area (TPSA) is 39.2 Å². The Morgan fingerprint density at radius 3 is 2.95 bits per heavy atom. The second-order valence-corrected chi connectivity index (χ2v) is 5.02. The van der Waals surface area contributed by atoms with Crippen molar-refractivity contribution in [3.8, 4) is 5.75 Å². The third-order valence-electron chi connectivity index (χ3n) is 3.58. The number of fused-ring (bicyclic) bond motifs is 1. The normalized spacial score (nSPS) is 13.9. The molecule has 1 aromatic heterocycles. The van der Waals surface area contributed by atoms with Crippen LogP contribution in [0.3, 0.4) is 0 Å². The molecule has 20 heavy (non-hydrogen) atoms. The van der Waals surface area contributed by atoms with E-state index in [-0.39, 0.29) is 5.78 Å². The van der Waals surface area contributed by atoms with E-state index in [1.165, 1.54) is 0 Å². The van der Waals surface area contributed by atoms with E-state index in [0.717, 1.165) is 41.8 Å². The molecule has 102 valence electrons. The summed E-state index contributed by atoms with van der Waals surface area (Å²) in [5.41, 5.74) is 3.01. The molecule has 3 heteroatoms. The minimum Gasteiger partial charge on any atom is -0.493 e. The minimum absolute atomic E-state index is 0.237. The number of hydrogen-bond acceptors (Lipinski definition) is 3. The fraction of sp³-hybridized carbons (Fsp3) is 0.294. The Labute approximate surface area is 118 Å². The SMILES string of the molecule is O=C1CCCc2ccc(OCCc3ccccn3)cc21. The van der Waals surface area contributed by atoms with Gasteiger partial charge in [-0.3, -0.25) is 9.78 Å². The van der Waals surface area contributed by atoms with Gasteiger partial charge >= 0.3 is 0 Å². The van der Waals surface area contributed by atoms with Crippen molar-refractivity contribution < 1.29 is 9.53 Å². The number of nitrogens with zero attached hydrogens (tertiary/aromatic N) is 1. The Hall–Kier alpha value is -2.16. The average Bonchev–Trinajstić information content (AvgIpc) is 2.49. The van der Waals surface area contributed by atoms with Crippen LogP contribution in [0.2, 0.25) is 0 Å². The van der Waals surface area contributed by atoms with Crippen LogP contribution in [-0.2, 0) is 12.8 Å². The molecule has 0 spiro atoms. The number of benzene rings is 1. The zero-order valence-corrected chi connectivity index (χ0v) is 11.3. The molecule has 1 aliphatic rings. The van der Waals surface area contributed by atoms with Crippen molar-refractivity contribution in [3.05, 3.63) is 59.4 Å². The minimum atomic E-state index is 0.237.